The van der Waals surface area contributed by atoms with Crippen LogP contribution in [0.2, 0.25) is 0 Å². The highest BCUT2D eigenvalue weighted by atomic mass is 19.4. The highest BCUT2D eigenvalue weighted by Crippen LogP contribution is 2.49. The van der Waals surface area contributed by atoms with Crippen LogP contribution in [0.3, 0.4) is 0 Å². The van der Waals surface area contributed by atoms with Gasteiger partial charge in [0.25, 0.3) is 0 Å². The van der Waals surface area contributed by atoms with Crippen molar-refractivity contribution in [3.05, 3.63) is 99.2 Å². The first-order valence-corrected chi connectivity index (χ1v) is 13.1. The van der Waals surface area contributed by atoms with Crippen LogP contribution < -0.4 is 4.74 Å². The summed E-state index contributed by atoms with van der Waals surface area (Å²) in [6.07, 6.45) is 1.84. The lowest BCUT2D eigenvalue weighted by Gasteiger charge is -2.22. The van der Waals surface area contributed by atoms with Gasteiger partial charge in [-0.2, -0.15) is 13.2 Å². The monoisotopic (exact) mass is 588 g/mol. The molecule has 2 bridgehead atoms. The molecule has 11 heteroatoms. The van der Waals surface area contributed by atoms with Crippen LogP contribution in [0.1, 0.15) is 46.6 Å². The number of carbonyl (C=O) groups is 1. The Labute approximate surface area is 237 Å². The van der Waals surface area contributed by atoms with Gasteiger partial charge in [0.05, 0.1) is 18.2 Å². The van der Waals surface area contributed by atoms with Crippen molar-refractivity contribution >= 4 is 22.4 Å². The number of aliphatic hydroxyl groups is 1. The summed E-state index contributed by atoms with van der Waals surface area (Å²) in [7, 11) is 2.88. The fraction of sp³-hybridized carbons (Fsp3) is 0.290. The molecule has 1 N–H and O–H groups in total. The van der Waals surface area contributed by atoms with Crippen molar-refractivity contribution in [2.45, 2.75) is 32.4 Å². The standard InChI is InChI=1S/C31H26F6N2O3/c1-15-38-28-25(39(15)2)14-22(31(35,36)37)26(30(28)42-3)20-6-4-5-16-9-18(11-17(7-8-40)21(20)10-16)29(41)19-12-23(32)27(34)24(33)13-19/h4-6,11-14,16,40H,7-10H2,1-3H3. The molecule has 0 aliphatic heterocycles. The molecule has 220 valence electrons. The van der Waals surface area contributed by atoms with Crippen molar-refractivity contribution in [1.82, 2.24) is 9.55 Å². The highest BCUT2D eigenvalue weighted by molar-refractivity contribution is 6.09. The summed E-state index contributed by atoms with van der Waals surface area (Å²) in [5, 5.41) is 9.90. The van der Waals surface area contributed by atoms with Crippen LogP contribution in [-0.2, 0) is 13.2 Å². The van der Waals surface area contributed by atoms with Crippen molar-refractivity contribution in [3.63, 3.8) is 0 Å². The number of nitrogens with zero attached hydrogens (tertiary/aromatic N) is 2. The van der Waals surface area contributed by atoms with Gasteiger partial charge in [-0.1, -0.05) is 24.3 Å². The molecule has 5 rings (SSSR count). The molecule has 1 atom stereocenters. The second-order valence-corrected chi connectivity index (χ2v) is 10.3. The molecule has 1 unspecified atom stereocenters. The molecule has 0 radical (unpaired) electrons. The first-order chi connectivity index (χ1) is 19.8. The van der Waals surface area contributed by atoms with Crippen LogP contribution >= 0.6 is 0 Å². The van der Waals surface area contributed by atoms with Crippen LogP contribution in [0.5, 0.6) is 5.75 Å². The van der Waals surface area contributed by atoms with Gasteiger partial charge in [0, 0.05) is 30.4 Å². The molecule has 0 saturated heterocycles. The lowest BCUT2D eigenvalue weighted by molar-refractivity contribution is -0.137. The lowest BCUT2D eigenvalue weighted by atomic mass is 9.85. The molecule has 2 aliphatic carbocycles. The van der Waals surface area contributed by atoms with Gasteiger partial charge in [-0.05, 0) is 67.0 Å². The fourth-order valence-electron chi connectivity index (χ4n) is 5.64. The number of hydrogen-bond acceptors (Lipinski definition) is 4. The van der Waals surface area contributed by atoms with Gasteiger partial charge in [0.1, 0.15) is 11.3 Å². The second-order valence-electron chi connectivity index (χ2n) is 10.3. The predicted octanol–water partition coefficient (Wildman–Crippen LogP) is 7.18. The number of alkyl halides is 3. The summed E-state index contributed by atoms with van der Waals surface area (Å²) >= 11 is 0. The topological polar surface area (TPSA) is 64.3 Å². The highest BCUT2D eigenvalue weighted by Gasteiger charge is 2.39. The van der Waals surface area contributed by atoms with E-state index in [1.54, 1.807) is 32.2 Å². The summed E-state index contributed by atoms with van der Waals surface area (Å²) < 4.78 is 92.5. The Kier molecular flexibility index (Phi) is 7.65. The first kappa shape index (κ1) is 29.4. The number of Topliss-reactive ketones (excluding diaryl/α,β-unsaturated/α-hetero) is 1. The third-order valence-electron chi connectivity index (χ3n) is 7.71. The minimum absolute atomic E-state index is 0.0169. The molecule has 5 nitrogen and oxygen atoms in total. The van der Waals surface area contributed by atoms with E-state index in [0.717, 1.165) is 6.07 Å². The quantitative estimate of drug-likeness (QED) is 0.188. The number of ketones is 1. The van der Waals surface area contributed by atoms with Crippen LogP contribution in [0.4, 0.5) is 26.3 Å². The number of hydrogen-bond donors (Lipinski definition) is 1. The second kappa shape index (κ2) is 10.9. The Balaban J connectivity index is 1.76. The summed E-state index contributed by atoms with van der Waals surface area (Å²) in [6.45, 7) is 1.28. The maximum Gasteiger partial charge on any atom is 0.417 e. The minimum atomic E-state index is -4.78. The van der Waals surface area contributed by atoms with Gasteiger partial charge < -0.3 is 14.4 Å². The molecular formula is C31H26F6N2O3. The van der Waals surface area contributed by atoms with E-state index in [9.17, 15) is 36.2 Å². The van der Waals surface area contributed by atoms with E-state index >= 15 is 0 Å². The number of fused-ring (bicyclic) bond motifs is 3. The summed E-state index contributed by atoms with van der Waals surface area (Å²) in [4.78, 5) is 17.8. The third-order valence-corrected chi connectivity index (χ3v) is 7.71. The van der Waals surface area contributed by atoms with Crippen LogP contribution in [0.15, 0.2) is 59.2 Å². The van der Waals surface area contributed by atoms with Crippen molar-refractivity contribution in [2.24, 2.45) is 13.0 Å². The Morgan fingerprint density at radius 2 is 1.83 bits per heavy atom. The Morgan fingerprint density at radius 1 is 1.14 bits per heavy atom. The molecule has 2 aliphatic rings. The SMILES string of the molecule is COc1c(C2=CC=CC3CC(C(=O)c4cc(F)c(F)c(F)c4)=CC(CCO)=C2C3)c(C(F)(F)F)cc2c1nc(C)n2C. The Hall–Kier alpha value is -4.12. The van der Waals surface area contributed by atoms with Crippen molar-refractivity contribution in [3.8, 4) is 5.75 Å². The van der Waals surface area contributed by atoms with Crippen molar-refractivity contribution in [1.29, 1.82) is 0 Å². The van der Waals surface area contributed by atoms with Gasteiger partial charge in [-0.15, -0.1) is 0 Å². The largest absolute Gasteiger partial charge is 0.494 e. The van der Waals surface area contributed by atoms with Gasteiger partial charge >= 0.3 is 6.18 Å². The summed E-state index contributed by atoms with van der Waals surface area (Å²) in [5.74, 6) is -5.46. The Morgan fingerprint density at radius 3 is 2.45 bits per heavy atom. The normalized spacial score (nSPS) is 17.2. The van der Waals surface area contributed by atoms with E-state index < -0.39 is 40.5 Å². The number of aliphatic hydroxyl groups excluding tert-OH is 1. The maximum absolute atomic E-state index is 14.7. The summed E-state index contributed by atoms with van der Waals surface area (Å²) in [5.41, 5.74) is 0.0580. The molecule has 1 aromatic heterocycles. The number of rotatable bonds is 6. The number of benzene rings is 2. The zero-order valence-electron chi connectivity index (χ0n) is 22.9. The number of aromatic nitrogens is 2. The van der Waals surface area contributed by atoms with Crippen LogP contribution in [0.25, 0.3) is 16.6 Å². The van der Waals surface area contributed by atoms with Gasteiger partial charge in [-0.25, -0.2) is 18.2 Å². The van der Waals surface area contributed by atoms with E-state index in [0.29, 0.717) is 29.1 Å². The number of halogens is 6. The zero-order valence-corrected chi connectivity index (χ0v) is 22.9. The van der Waals surface area contributed by atoms with Gasteiger partial charge in [0.15, 0.2) is 29.0 Å². The number of ether oxygens (including phenoxy) is 1. The number of allylic oxidation sites excluding steroid dienone is 7. The fourth-order valence-corrected chi connectivity index (χ4v) is 5.64. The van der Waals surface area contributed by atoms with E-state index in [1.165, 1.54) is 17.8 Å². The smallest absolute Gasteiger partial charge is 0.417 e. The number of aryl methyl sites for hydroxylation is 2. The lowest BCUT2D eigenvalue weighted by Crippen LogP contribution is -2.12. The molecule has 1 heterocycles. The average Bonchev–Trinajstić information content (AvgIpc) is 3.08. The third kappa shape index (κ3) is 5.06. The molecule has 2 aromatic carbocycles. The van der Waals surface area contributed by atoms with Crippen LogP contribution in [-0.4, -0.2) is 34.2 Å². The van der Waals surface area contributed by atoms with Crippen LogP contribution in [0, 0.1) is 30.3 Å². The average molecular weight is 589 g/mol. The molecule has 0 saturated carbocycles. The molecule has 0 spiro atoms. The number of imidazole rings is 1. The van der Waals surface area contributed by atoms with E-state index in [1.807, 2.05) is 0 Å². The van der Waals surface area contributed by atoms with Gasteiger partial charge in [-0.3, -0.25) is 4.79 Å². The van der Waals surface area contributed by atoms with Crippen molar-refractivity contribution < 1.29 is 41.0 Å². The molecule has 0 amide bonds. The molecule has 42 heavy (non-hydrogen) atoms. The van der Waals surface area contributed by atoms with E-state index in [-0.39, 0.29) is 65.3 Å². The predicted molar refractivity (Wildman–Crippen MR) is 144 cm³/mol. The minimum Gasteiger partial charge on any atom is -0.494 e. The Bertz CT molecular complexity index is 1720. The van der Waals surface area contributed by atoms with E-state index in [2.05, 4.69) is 4.98 Å². The zero-order chi connectivity index (χ0) is 30.5. The maximum atomic E-state index is 14.7. The molecule has 3 aromatic rings. The molecule has 0 fully saturated rings. The summed E-state index contributed by atoms with van der Waals surface area (Å²) in [6, 6.07) is 2.25. The van der Waals surface area contributed by atoms with E-state index in [4.69, 9.17) is 4.74 Å². The first-order valence-electron chi connectivity index (χ1n) is 13.1. The molecular weight excluding hydrogens is 562 g/mol. The van der Waals surface area contributed by atoms with Gasteiger partial charge in [0.2, 0.25) is 0 Å². The number of methoxy groups -OCH3 is 1. The van der Waals surface area contributed by atoms with Crippen molar-refractivity contribution in [2.75, 3.05) is 13.7 Å². The number of carbonyl (C=O) groups excluding carboxylic acids is 1.